The van der Waals surface area contributed by atoms with E-state index in [1.807, 2.05) is 29.2 Å². The molecule has 0 radical (unpaired) electrons. The number of halogens is 2. The predicted molar refractivity (Wildman–Crippen MR) is 78.5 cm³/mol. The highest BCUT2D eigenvalue weighted by Crippen LogP contribution is 2.26. The molecule has 0 saturated carbocycles. The average molecular weight is 364 g/mol. The van der Waals surface area contributed by atoms with Gasteiger partial charge in [0.25, 0.3) is 5.91 Å². The standard InChI is InChI=1S/C13H15ClINO/c1-9-6-7-16(12(9)8-14)13(17)10-2-4-11(15)5-3-10/h2-5,9,12H,6-8H2,1H3. The minimum atomic E-state index is 0.108. The van der Waals surface area contributed by atoms with Gasteiger partial charge in [0.05, 0.1) is 0 Å². The van der Waals surface area contributed by atoms with Gasteiger partial charge in [0.1, 0.15) is 0 Å². The highest BCUT2D eigenvalue weighted by Gasteiger charge is 2.33. The average Bonchev–Trinajstić information content (AvgIpc) is 2.70. The van der Waals surface area contributed by atoms with E-state index in [1.54, 1.807) is 0 Å². The first-order valence-corrected chi connectivity index (χ1v) is 7.37. The Balaban J connectivity index is 2.17. The number of alkyl halides is 1. The minimum Gasteiger partial charge on any atom is -0.334 e. The van der Waals surface area contributed by atoms with Crippen LogP contribution in [-0.4, -0.2) is 29.3 Å². The van der Waals surface area contributed by atoms with Gasteiger partial charge in [0.15, 0.2) is 0 Å². The Labute approximate surface area is 120 Å². The van der Waals surface area contributed by atoms with E-state index < -0.39 is 0 Å². The van der Waals surface area contributed by atoms with Gasteiger partial charge in [-0.15, -0.1) is 11.6 Å². The first-order valence-electron chi connectivity index (χ1n) is 5.76. The van der Waals surface area contributed by atoms with Crippen LogP contribution in [0.25, 0.3) is 0 Å². The summed E-state index contributed by atoms with van der Waals surface area (Å²) >= 11 is 8.20. The molecule has 1 aromatic rings. The topological polar surface area (TPSA) is 20.3 Å². The summed E-state index contributed by atoms with van der Waals surface area (Å²) in [5.74, 6) is 1.13. The lowest BCUT2D eigenvalue weighted by atomic mass is 10.0. The molecule has 2 rings (SSSR count). The van der Waals surface area contributed by atoms with Gasteiger partial charge < -0.3 is 4.90 Å². The molecule has 1 aliphatic rings. The summed E-state index contributed by atoms with van der Waals surface area (Å²) in [4.78, 5) is 14.3. The molecule has 0 bridgehead atoms. The van der Waals surface area contributed by atoms with Crippen molar-refractivity contribution in [1.82, 2.24) is 4.90 Å². The summed E-state index contributed by atoms with van der Waals surface area (Å²) < 4.78 is 1.14. The van der Waals surface area contributed by atoms with Crippen LogP contribution in [0.15, 0.2) is 24.3 Å². The number of hydrogen-bond donors (Lipinski definition) is 0. The molecular weight excluding hydrogens is 349 g/mol. The highest BCUT2D eigenvalue weighted by atomic mass is 127. The van der Waals surface area contributed by atoms with E-state index in [2.05, 4.69) is 29.5 Å². The molecule has 1 aromatic carbocycles. The molecule has 0 aliphatic carbocycles. The summed E-state index contributed by atoms with van der Waals surface area (Å²) in [6.07, 6.45) is 1.05. The maximum atomic E-state index is 12.3. The van der Waals surface area contributed by atoms with E-state index in [-0.39, 0.29) is 11.9 Å². The zero-order chi connectivity index (χ0) is 12.4. The molecule has 2 atom stereocenters. The Kier molecular flexibility index (Phi) is 4.31. The third kappa shape index (κ3) is 2.76. The van der Waals surface area contributed by atoms with Crippen LogP contribution < -0.4 is 0 Å². The Hall–Kier alpha value is -0.290. The lowest BCUT2D eigenvalue weighted by molar-refractivity contribution is 0.0737. The zero-order valence-corrected chi connectivity index (χ0v) is 12.6. The summed E-state index contributed by atoms with van der Waals surface area (Å²) in [5, 5.41) is 0. The normalized spacial score (nSPS) is 24.1. The quantitative estimate of drug-likeness (QED) is 0.583. The van der Waals surface area contributed by atoms with E-state index in [9.17, 15) is 4.79 Å². The number of rotatable bonds is 2. The molecule has 1 saturated heterocycles. The van der Waals surface area contributed by atoms with Crippen LogP contribution in [0.2, 0.25) is 0 Å². The van der Waals surface area contributed by atoms with Crippen molar-refractivity contribution >= 4 is 40.1 Å². The molecule has 17 heavy (non-hydrogen) atoms. The number of carbonyl (C=O) groups excluding carboxylic acids is 1. The number of hydrogen-bond acceptors (Lipinski definition) is 1. The van der Waals surface area contributed by atoms with Crippen molar-refractivity contribution in [3.8, 4) is 0 Å². The second-order valence-corrected chi connectivity index (χ2v) is 6.05. The Bertz CT molecular complexity index is 406. The van der Waals surface area contributed by atoms with Crippen molar-refractivity contribution in [1.29, 1.82) is 0 Å². The number of nitrogens with zero attached hydrogens (tertiary/aromatic N) is 1. The summed E-state index contributed by atoms with van der Waals surface area (Å²) in [6.45, 7) is 2.98. The SMILES string of the molecule is CC1CCN(C(=O)c2ccc(I)cc2)C1CCl. The molecule has 1 fully saturated rings. The molecule has 1 heterocycles. The predicted octanol–water partition coefficient (Wildman–Crippen LogP) is 3.38. The maximum absolute atomic E-state index is 12.3. The molecule has 1 aliphatic heterocycles. The molecule has 0 N–H and O–H groups in total. The summed E-state index contributed by atoms with van der Waals surface area (Å²) in [5.41, 5.74) is 0.759. The zero-order valence-electron chi connectivity index (χ0n) is 9.70. The molecule has 92 valence electrons. The number of carbonyl (C=O) groups is 1. The van der Waals surface area contributed by atoms with Crippen molar-refractivity contribution in [2.24, 2.45) is 5.92 Å². The van der Waals surface area contributed by atoms with E-state index in [0.29, 0.717) is 11.8 Å². The summed E-state index contributed by atoms with van der Waals surface area (Å²) in [7, 11) is 0. The van der Waals surface area contributed by atoms with Gasteiger partial charge in [0.2, 0.25) is 0 Å². The maximum Gasteiger partial charge on any atom is 0.254 e. The van der Waals surface area contributed by atoms with Crippen molar-refractivity contribution in [2.45, 2.75) is 19.4 Å². The lowest BCUT2D eigenvalue weighted by Crippen LogP contribution is -2.38. The van der Waals surface area contributed by atoms with Crippen molar-refractivity contribution in [2.75, 3.05) is 12.4 Å². The van der Waals surface area contributed by atoms with Gasteiger partial charge in [-0.3, -0.25) is 4.79 Å². The Morgan fingerprint density at radius 2 is 2.12 bits per heavy atom. The van der Waals surface area contributed by atoms with Crippen LogP contribution >= 0.6 is 34.2 Å². The van der Waals surface area contributed by atoms with Crippen LogP contribution in [0.5, 0.6) is 0 Å². The highest BCUT2D eigenvalue weighted by molar-refractivity contribution is 14.1. The van der Waals surface area contributed by atoms with Gasteiger partial charge in [-0.1, -0.05) is 6.92 Å². The first kappa shape index (κ1) is 13.1. The number of benzene rings is 1. The molecule has 1 amide bonds. The van der Waals surface area contributed by atoms with Gasteiger partial charge >= 0.3 is 0 Å². The monoisotopic (exact) mass is 363 g/mol. The van der Waals surface area contributed by atoms with Gasteiger partial charge in [0, 0.05) is 27.6 Å². The Morgan fingerprint density at radius 1 is 1.47 bits per heavy atom. The molecule has 0 aromatic heterocycles. The first-order chi connectivity index (χ1) is 8.13. The third-order valence-corrected chi connectivity index (χ3v) is 4.43. The summed E-state index contributed by atoms with van der Waals surface area (Å²) in [6, 6.07) is 7.88. The molecular formula is C13H15ClINO. The van der Waals surface area contributed by atoms with E-state index in [4.69, 9.17) is 11.6 Å². The molecule has 0 spiro atoms. The smallest absolute Gasteiger partial charge is 0.254 e. The Morgan fingerprint density at radius 3 is 2.71 bits per heavy atom. The van der Waals surface area contributed by atoms with Gasteiger partial charge in [-0.25, -0.2) is 0 Å². The van der Waals surface area contributed by atoms with Crippen LogP contribution in [0.3, 0.4) is 0 Å². The van der Waals surface area contributed by atoms with Gasteiger partial charge in [-0.2, -0.15) is 0 Å². The van der Waals surface area contributed by atoms with E-state index in [0.717, 1.165) is 22.1 Å². The second-order valence-electron chi connectivity index (χ2n) is 4.49. The van der Waals surface area contributed by atoms with Crippen LogP contribution in [0.4, 0.5) is 0 Å². The molecule has 4 heteroatoms. The second kappa shape index (κ2) is 5.57. The number of likely N-dealkylation sites (tertiary alicyclic amines) is 1. The van der Waals surface area contributed by atoms with Crippen molar-refractivity contribution in [3.63, 3.8) is 0 Å². The van der Waals surface area contributed by atoms with Crippen LogP contribution in [-0.2, 0) is 0 Å². The lowest BCUT2D eigenvalue weighted by Gasteiger charge is -2.25. The minimum absolute atomic E-state index is 0.108. The van der Waals surface area contributed by atoms with Crippen LogP contribution in [0, 0.1) is 9.49 Å². The van der Waals surface area contributed by atoms with Gasteiger partial charge in [-0.05, 0) is 59.2 Å². The molecule has 2 unspecified atom stereocenters. The molecule has 2 nitrogen and oxygen atoms in total. The fraction of sp³-hybridized carbons (Fsp3) is 0.462. The fourth-order valence-electron chi connectivity index (χ4n) is 2.25. The fourth-order valence-corrected chi connectivity index (χ4v) is 3.08. The van der Waals surface area contributed by atoms with Crippen LogP contribution in [0.1, 0.15) is 23.7 Å². The van der Waals surface area contributed by atoms with E-state index in [1.165, 1.54) is 0 Å². The largest absolute Gasteiger partial charge is 0.334 e. The number of amides is 1. The van der Waals surface area contributed by atoms with E-state index >= 15 is 0 Å². The van der Waals surface area contributed by atoms with Crippen molar-refractivity contribution in [3.05, 3.63) is 33.4 Å². The third-order valence-electron chi connectivity index (χ3n) is 3.39. The van der Waals surface area contributed by atoms with Crippen molar-refractivity contribution < 1.29 is 4.79 Å².